The molecule has 0 aliphatic carbocycles. The lowest BCUT2D eigenvalue weighted by atomic mass is 10.4. The largest absolute Gasteiger partial charge is 0.244 e. The van der Waals surface area contributed by atoms with Crippen LogP contribution in [0, 0.1) is 11.3 Å². The van der Waals surface area contributed by atoms with Crippen LogP contribution in [0.5, 0.6) is 0 Å². The zero-order chi connectivity index (χ0) is 12.9. The van der Waals surface area contributed by atoms with Crippen molar-refractivity contribution in [2.45, 2.75) is 18.2 Å². The number of sulfonamides is 1. The van der Waals surface area contributed by atoms with Crippen molar-refractivity contribution in [3.63, 3.8) is 0 Å². The van der Waals surface area contributed by atoms with Gasteiger partial charge in [0.05, 0.1) is 11.0 Å². The first kappa shape index (κ1) is 14.2. The fourth-order valence-electron chi connectivity index (χ4n) is 1.39. The molecule has 1 aromatic rings. The molecule has 1 aromatic carbocycles. The minimum Gasteiger partial charge on any atom is -0.207 e. The smallest absolute Gasteiger partial charge is 0.207 e. The highest BCUT2D eigenvalue weighted by atomic mass is 79.9. The summed E-state index contributed by atoms with van der Waals surface area (Å²) in [4.78, 5) is 0.204. The zero-order valence-electron chi connectivity index (χ0n) is 9.43. The van der Waals surface area contributed by atoms with E-state index in [4.69, 9.17) is 5.26 Å². The summed E-state index contributed by atoms with van der Waals surface area (Å²) in [6.45, 7) is 2.10. The molecule has 4 nitrogen and oxygen atoms in total. The second-order valence-electron chi connectivity index (χ2n) is 3.45. The standard InChI is InChI=1S/C11H13BrN2O2S/c1-2-7-14(8-6-13)17(15,16)11-5-3-4-10(12)9-11/h3-5,9H,2,7-8H2,1H3. The van der Waals surface area contributed by atoms with Crippen LogP contribution in [0.25, 0.3) is 0 Å². The fourth-order valence-corrected chi connectivity index (χ4v) is 3.41. The minimum atomic E-state index is -3.57. The van der Waals surface area contributed by atoms with Gasteiger partial charge >= 0.3 is 0 Å². The lowest BCUT2D eigenvalue weighted by molar-refractivity contribution is 0.444. The Bertz CT molecular complexity index is 523. The molecule has 1 rings (SSSR count). The van der Waals surface area contributed by atoms with E-state index in [9.17, 15) is 8.42 Å². The summed E-state index contributed by atoms with van der Waals surface area (Å²) in [7, 11) is -3.57. The molecule has 0 amide bonds. The van der Waals surface area contributed by atoms with Gasteiger partial charge in [0, 0.05) is 11.0 Å². The molecular formula is C11H13BrN2O2S. The van der Waals surface area contributed by atoms with Crippen LogP contribution in [-0.2, 0) is 10.0 Å². The van der Waals surface area contributed by atoms with Crippen molar-refractivity contribution < 1.29 is 8.42 Å². The molecule has 0 saturated heterocycles. The highest BCUT2D eigenvalue weighted by Crippen LogP contribution is 2.19. The summed E-state index contributed by atoms with van der Waals surface area (Å²) in [6.07, 6.45) is 0.676. The normalized spacial score (nSPS) is 11.4. The van der Waals surface area contributed by atoms with Gasteiger partial charge in [-0.3, -0.25) is 0 Å². The average Bonchev–Trinajstić information content (AvgIpc) is 2.29. The number of nitrogens with zero attached hydrogens (tertiary/aromatic N) is 2. The van der Waals surface area contributed by atoms with Crippen LogP contribution in [0.1, 0.15) is 13.3 Å². The second-order valence-corrected chi connectivity index (χ2v) is 6.31. The Morgan fingerprint density at radius 1 is 1.47 bits per heavy atom. The molecule has 0 spiro atoms. The molecule has 0 unspecified atom stereocenters. The molecule has 0 aliphatic rings. The van der Waals surface area contributed by atoms with E-state index >= 15 is 0 Å². The van der Waals surface area contributed by atoms with Crippen molar-refractivity contribution >= 4 is 26.0 Å². The summed E-state index contributed by atoms with van der Waals surface area (Å²) >= 11 is 3.23. The number of nitriles is 1. The van der Waals surface area contributed by atoms with E-state index in [1.807, 2.05) is 13.0 Å². The Balaban J connectivity index is 3.12. The van der Waals surface area contributed by atoms with E-state index in [0.717, 1.165) is 0 Å². The van der Waals surface area contributed by atoms with Crippen LogP contribution < -0.4 is 0 Å². The van der Waals surface area contributed by atoms with Crippen molar-refractivity contribution in [3.05, 3.63) is 28.7 Å². The van der Waals surface area contributed by atoms with Crippen molar-refractivity contribution in [2.75, 3.05) is 13.1 Å². The number of hydrogen-bond acceptors (Lipinski definition) is 3. The Hall–Kier alpha value is -0.900. The van der Waals surface area contributed by atoms with E-state index < -0.39 is 10.0 Å². The van der Waals surface area contributed by atoms with Crippen molar-refractivity contribution in [1.29, 1.82) is 5.26 Å². The van der Waals surface area contributed by atoms with Gasteiger partial charge in [-0.15, -0.1) is 0 Å². The van der Waals surface area contributed by atoms with Gasteiger partial charge in [-0.05, 0) is 24.6 Å². The quantitative estimate of drug-likeness (QED) is 0.783. The third kappa shape index (κ3) is 3.53. The molecule has 0 radical (unpaired) electrons. The van der Waals surface area contributed by atoms with E-state index in [-0.39, 0.29) is 11.4 Å². The van der Waals surface area contributed by atoms with Crippen molar-refractivity contribution in [3.8, 4) is 6.07 Å². The number of rotatable bonds is 5. The van der Waals surface area contributed by atoms with E-state index in [1.165, 1.54) is 16.4 Å². The van der Waals surface area contributed by atoms with Gasteiger partial charge in [-0.25, -0.2) is 8.42 Å². The molecule has 17 heavy (non-hydrogen) atoms. The average molecular weight is 317 g/mol. The van der Waals surface area contributed by atoms with Gasteiger partial charge in [0.1, 0.15) is 6.54 Å². The maximum absolute atomic E-state index is 12.2. The lowest BCUT2D eigenvalue weighted by Gasteiger charge is -2.18. The first-order valence-corrected chi connectivity index (χ1v) is 7.38. The molecule has 0 aliphatic heterocycles. The highest BCUT2D eigenvalue weighted by molar-refractivity contribution is 9.10. The van der Waals surface area contributed by atoms with Crippen LogP contribution in [-0.4, -0.2) is 25.8 Å². The van der Waals surface area contributed by atoms with E-state index in [2.05, 4.69) is 15.9 Å². The van der Waals surface area contributed by atoms with Gasteiger partial charge in [-0.1, -0.05) is 28.9 Å². The SMILES string of the molecule is CCCN(CC#N)S(=O)(=O)c1cccc(Br)c1. The molecule has 0 N–H and O–H groups in total. The van der Waals surface area contributed by atoms with Gasteiger partial charge in [0.2, 0.25) is 10.0 Å². The first-order valence-electron chi connectivity index (χ1n) is 5.15. The molecule has 92 valence electrons. The monoisotopic (exact) mass is 316 g/mol. The molecule has 0 heterocycles. The van der Waals surface area contributed by atoms with Crippen LogP contribution in [0.2, 0.25) is 0 Å². The number of halogens is 1. The topological polar surface area (TPSA) is 61.2 Å². The van der Waals surface area contributed by atoms with Crippen LogP contribution >= 0.6 is 15.9 Å². The Morgan fingerprint density at radius 2 is 2.18 bits per heavy atom. The van der Waals surface area contributed by atoms with Gasteiger partial charge in [0.25, 0.3) is 0 Å². The predicted octanol–water partition coefficient (Wildman–Crippen LogP) is 2.37. The van der Waals surface area contributed by atoms with E-state index in [1.54, 1.807) is 12.1 Å². The Morgan fingerprint density at radius 3 is 2.71 bits per heavy atom. The predicted molar refractivity (Wildman–Crippen MR) is 68.8 cm³/mol. The summed E-state index contributed by atoms with van der Waals surface area (Å²) in [5, 5.41) is 8.66. The highest BCUT2D eigenvalue weighted by Gasteiger charge is 2.23. The third-order valence-electron chi connectivity index (χ3n) is 2.15. The summed E-state index contributed by atoms with van der Waals surface area (Å²) in [5.41, 5.74) is 0. The Labute approximate surface area is 110 Å². The lowest BCUT2D eigenvalue weighted by Crippen LogP contribution is -2.32. The molecule has 0 atom stereocenters. The van der Waals surface area contributed by atoms with Crippen LogP contribution in [0.4, 0.5) is 0 Å². The fraction of sp³-hybridized carbons (Fsp3) is 0.364. The molecule has 0 bridgehead atoms. The summed E-state index contributed by atoms with van der Waals surface area (Å²) in [6, 6.07) is 8.36. The summed E-state index contributed by atoms with van der Waals surface area (Å²) in [5.74, 6) is 0. The summed E-state index contributed by atoms with van der Waals surface area (Å²) < 4.78 is 26.3. The maximum atomic E-state index is 12.2. The number of benzene rings is 1. The van der Waals surface area contributed by atoms with Crippen molar-refractivity contribution in [2.24, 2.45) is 0 Å². The second kappa shape index (κ2) is 6.15. The minimum absolute atomic E-state index is 0.122. The van der Waals surface area contributed by atoms with Crippen LogP contribution in [0.3, 0.4) is 0 Å². The van der Waals surface area contributed by atoms with Gasteiger partial charge in [0.15, 0.2) is 0 Å². The number of hydrogen-bond donors (Lipinski definition) is 0. The first-order chi connectivity index (χ1) is 8.02. The molecular weight excluding hydrogens is 304 g/mol. The van der Waals surface area contributed by atoms with Gasteiger partial charge < -0.3 is 0 Å². The third-order valence-corrected chi connectivity index (χ3v) is 4.49. The van der Waals surface area contributed by atoms with Gasteiger partial charge in [-0.2, -0.15) is 9.57 Å². The molecule has 0 aromatic heterocycles. The zero-order valence-corrected chi connectivity index (χ0v) is 11.8. The Kier molecular flexibility index (Phi) is 5.12. The molecule has 0 fully saturated rings. The van der Waals surface area contributed by atoms with Crippen LogP contribution in [0.15, 0.2) is 33.6 Å². The van der Waals surface area contributed by atoms with E-state index in [0.29, 0.717) is 17.4 Å². The molecule has 6 heteroatoms. The molecule has 0 saturated carbocycles. The maximum Gasteiger partial charge on any atom is 0.244 e. The van der Waals surface area contributed by atoms with Crippen molar-refractivity contribution in [1.82, 2.24) is 4.31 Å².